The predicted molar refractivity (Wildman–Crippen MR) is 116 cm³/mol. The molecule has 2 rings (SSSR count). The highest BCUT2D eigenvalue weighted by Gasteiger charge is 2.31. The number of hydrogen-bond donors (Lipinski definition) is 2. The highest BCUT2D eigenvalue weighted by Crippen LogP contribution is 2.23. The van der Waals surface area contributed by atoms with E-state index in [1.165, 1.54) is 9.79 Å². The number of sulfonamides is 1. The summed E-state index contributed by atoms with van der Waals surface area (Å²) in [5.41, 5.74) is 2.51. The molecule has 1 heterocycles. The molecule has 8 nitrogen and oxygen atoms in total. The summed E-state index contributed by atoms with van der Waals surface area (Å²) in [5, 5.41) is 8.96. The molecule has 1 aliphatic rings. The van der Waals surface area contributed by atoms with Crippen LogP contribution in [0.15, 0.2) is 24.3 Å². The van der Waals surface area contributed by atoms with E-state index < -0.39 is 27.6 Å². The maximum atomic E-state index is 12.9. The Bertz CT molecular complexity index is 855. The van der Waals surface area contributed by atoms with Crippen molar-refractivity contribution in [3.8, 4) is 17.6 Å². The largest absolute Gasteiger partial charge is 0.497 e. The molecule has 0 spiro atoms. The van der Waals surface area contributed by atoms with Crippen molar-refractivity contribution in [2.24, 2.45) is 5.92 Å². The van der Waals surface area contributed by atoms with E-state index in [-0.39, 0.29) is 0 Å². The topological polar surface area (TPSA) is 99.2 Å². The maximum absolute atomic E-state index is 12.9. The van der Waals surface area contributed by atoms with Crippen LogP contribution in [0.4, 0.5) is 5.69 Å². The molecule has 1 aliphatic heterocycles. The molecule has 1 amide bonds. The molecule has 0 aliphatic carbocycles. The second-order valence-electron chi connectivity index (χ2n) is 7.17. The zero-order valence-electron chi connectivity index (χ0n) is 17.6. The SMILES string of the molecule is CCCCCC#CC(CS(=O)(=O)N1CCN(c2cccc(OC)c2)CC1)C(=O)NO. The molecular formula is C21H31N3O5S. The van der Waals surface area contributed by atoms with E-state index in [2.05, 4.69) is 23.7 Å². The van der Waals surface area contributed by atoms with E-state index in [0.29, 0.717) is 32.6 Å². The lowest BCUT2D eigenvalue weighted by Crippen LogP contribution is -2.50. The van der Waals surface area contributed by atoms with Crippen LogP contribution < -0.4 is 15.1 Å². The average molecular weight is 438 g/mol. The first-order chi connectivity index (χ1) is 14.4. The summed E-state index contributed by atoms with van der Waals surface area (Å²) in [6.07, 6.45) is 3.58. The lowest BCUT2D eigenvalue weighted by Gasteiger charge is -2.35. The molecule has 1 atom stereocenters. The summed E-state index contributed by atoms with van der Waals surface area (Å²) in [6, 6.07) is 7.64. The Morgan fingerprint density at radius 1 is 1.27 bits per heavy atom. The number of benzene rings is 1. The monoisotopic (exact) mass is 437 g/mol. The van der Waals surface area contributed by atoms with Crippen molar-refractivity contribution in [3.05, 3.63) is 24.3 Å². The first-order valence-electron chi connectivity index (χ1n) is 10.2. The van der Waals surface area contributed by atoms with Crippen molar-refractivity contribution >= 4 is 21.6 Å². The van der Waals surface area contributed by atoms with Crippen LogP contribution in [0.5, 0.6) is 5.75 Å². The Labute approximate surface area is 179 Å². The molecule has 1 aromatic rings. The molecule has 0 bridgehead atoms. The quantitative estimate of drug-likeness (QED) is 0.265. The Balaban J connectivity index is 1.99. The third kappa shape index (κ3) is 6.90. The summed E-state index contributed by atoms with van der Waals surface area (Å²) < 4.78 is 32.3. The number of unbranched alkanes of at least 4 members (excludes halogenated alkanes) is 3. The van der Waals surface area contributed by atoms with Crippen molar-refractivity contribution < 1.29 is 23.2 Å². The van der Waals surface area contributed by atoms with Gasteiger partial charge in [0.15, 0.2) is 0 Å². The number of nitrogens with zero attached hydrogens (tertiary/aromatic N) is 2. The van der Waals surface area contributed by atoms with Crippen LogP contribution in [0.3, 0.4) is 0 Å². The van der Waals surface area contributed by atoms with Crippen molar-refractivity contribution in [2.75, 3.05) is 43.9 Å². The van der Waals surface area contributed by atoms with Gasteiger partial charge in [0.05, 0.1) is 12.9 Å². The number of amides is 1. The summed E-state index contributed by atoms with van der Waals surface area (Å²) in [5.74, 6) is 4.00. The third-order valence-corrected chi connectivity index (χ3v) is 6.94. The average Bonchev–Trinajstić information content (AvgIpc) is 2.77. The van der Waals surface area contributed by atoms with E-state index >= 15 is 0 Å². The fraction of sp³-hybridized carbons (Fsp3) is 0.571. The lowest BCUT2D eigenvalue weighted by atomic mass is 10.1. The highest BCUT2D eigenvalue weighted by molar-refractivity contribution is 7.89. The van der Waals surface area contributed by atoms with Crippen LogP contribution in [-0.4, -0.2) is 62.9 Å². The van der Waals surface area contributed by atoms with Crippen LogP contribution in [0.2, 0.25) is 0 Å². The fourth-order valence-electron chi connectivity index (χ4n) is 3.27. The number of carbonyl (C=O) groups excluding carboxylic acids is 1. The number of ether oxygens (including phenoxy) is 1. The number of rotatable bonds is 9. The van der Waals surface area contributed by atoms with Crippen molar-refractivity contribution in [1.82, 2.24) is 9.79 Å². The molecule has 0 saturated carbocycles. The number of nitrogens with one attached hydrogen (secondary N) is 1. The van der Waals surface area contributed by atoms with Gasteiger partial charge in [0.2, 0.25) is 10.0 Å². The van der Waals surface area contributed by atoms with Gasteiger partial charge < -0.3 is 9.64 Å². The zero-order chi connectivity index (χ0) is 22.0. The van der Waals surface area contributed by atoms with Crippen LogP contribution in [0, 0.1) is 17.8 Å². The zero-order valence-corrected chi connectivity index (χ0v) is 18.5. The normalized spacial score (nSPS) is 15.8. The summed E-state index contributed by atoms with van der Waals surface area (Å²) >= 11 is 0. The van der Waals surface area contributed by atoms with Crippen molar-refractivity contribution in [2.45, 2.75) is 32.6 Å². The second-order valence-corrected chi connectivity index (χ2v) is 9.19. The molecule has 1 fully saturated rings. The smallest absolute Gasteiger partial charge is 0.259 e. The lowest BCUT2D eigenvalue weighted by molar-refractivity contribution is -0.131. The van der Waals surface area contributed by atoms with E-state index in [9.17, 15) is 13.2 Å². The first-order valence-corrected chi connectivity index (χ1v) is 11.8. The maximum Gasteiger partial charge on any atom is 0.259 e. The molecule has 0 aromatic heterocycles. The van der Waals surface area contributed by atoms with Crippen LogP contribution in [-0.2, 0) is 14.8 Å². The molecular weight excluding hydrogens is 406 g/mol. The Morgan fingerprint density at radius 2 is 2.00 bits per heavy atom. The number of carbonyl (C=O) groups is 1. The minimum Gasteiger partial charge on any atom is -0.497 e. The highest BCUT2D eigenvalue weighted by atomic mass is 32.2. The number of methoxy groups -OCH3 is 1. The van der Waals surface area contributed by atoms with Gasteiger partial charge in [-0.3, -0.25) is 10.0 Å². The van der Waals surface area contributed by atoms with Gasteiger partial charge in [-0.15, -0.1) is 5.92 Å². The van der Waals surface area contributed by atoms with Crippen LogP contribution in [0.25, 0.3) is 0 Å². The van der Waals surface area contributed by atoms with E-state index in [4.69, 9.17) is 9.94 Å². The molecule has 1 saturated heterocycles. The predicted octanol–water partition coefficient (Wildman–Crippen LogP) is 1.85. The molecule has 30 heavy (non-hydrogen) atoms. The Kier molecular flexibility index (Phi) is 9.43. The summed E-state index contributed by atoms with van der Waals surface area (Å²) in [6.45, 7) is 3.78. The minimum atomic E-state index is -3.70. The first kappa shape index (κ1) is 24.0. The minimum absolute atomic E-state index is 0.316. The Morgan fingerprint density at radius 3 is 2.63 bits per heavy atom. The number of anilines is 1. The standard InChI is InChI=1S/C21H31N3O5S/c1-3-4-5-6-7-9-18(21(25)22-26)17-30(27,28)24-14-12-23(13-15-24)19-10-8-11-20(16-19)29-2/h8,10-11,16,18,26H,3-6,12-15,17H2,1-2H3,(H,22,25). The summed E-state index contributed by atoms with van der Waals surface area (Å²) in [4.78, 5) is 14.0. The van der Waals surface area contributed by atoms with Gasteiger partial charge in [-0.05, 0) is 18.6 Å². The van der Waals surface area contributed by atoms with Crippen molar-refractivity contribution in [3.63, 3.8) is 0 Å². The summed E-state index contributed by atoms with van der Waals surface area (Å²) in [7, 11) is -2.09. The van der Waals surface area contributed by atoms with E-state index in [1.54, 1.807) is 7.11 Å². The van der Waals surface area contributed by atoms with Gasteiger partial charge in [0.25, 0.3) is 5.91 Å². The molecule has 9 heteroatoms. The molecule has 2 N–H and O–H groups in total. The number of hydroxylamine groups is 1. The second kappa shape index (κ2) is 11.8. The van der Waals surface area contributed by atoms with E-state index in [1.807, 2.05) is 24.3 Å². The number of hydrogen-bond acceptors (Lipinski definition) is 6. The van der Waals surface area contributed by atoms with Gasteiger partial charge in [0, 0.05) is 44.4 Å². The van der Waals surface area contributed by atoms with E-state index in [0.717, 1.165) is 30.7 Å². The molecule has 166 valence electrons. The third-order valence-electron chi connectivity index (χ3n) is 5.04. The molecule has 0 radical (unpaired) electrons. The van der Waals surface area contributed by atoms with Gasteiger partial charge in [-0.25, -0.2) is 13.9 Å². The van der Waals surface area contributed by atoms with Gasteiger partial charge in [0.1, 0.15) is 11.7 Å². The molecule has 1 unspecified atom stereocenters. The fourth-order valence-corrected chi connectivity index (χ4v) is 4.85. The van der Waals surface area contributed by atoms with Crippen LogP contribution >= 0.6 is 0 Å². The van der Waals surface area contributed by atoms with Crippen molar-refractivity contribution in [1.29, 1.82) is 0 Å². The Hall–Kier alpha value is -2.28. The van der Waals surface area contributed by atoms with Gasteiger partial charge in [-0.2, -0.15) is 4.31 Å². The van der Waals surface area contributed by atoms with Gasteiger partial charge in [-0.1, -0.05) is 31.8 Å². The number of piperazine rings is 1. The molecule has 1 aromatic carbocycles. The van der Waals surface area contributed by atoms with Crippen LogP contribution in [0.1, 0.15) is 32.6 Å². The van der Waals surface area contributed by atoms with Gasteiger partial charge >= 0.3 is 0 Å².